The number of Topliss-reactive ketones (excluding diaryl/α,β-unsaturated/α-hetero) is 3. The fraction of sp³-hybridized carbons (Fsp3) is 0.429. The van der Waals surface area contributed by atoms with Gasteiger partial charge in [0.25, 0.3) is 0 Å². The number of esters is 1. The summed E-state index contributed by atoms with van der Waals surface area (Å²) < 4.78 is 12.6. The van der Waals surface area contributed by atoms with Gasteiger partial charge in [0.15, 0.2) is 0 Å². The predicted molar refractivity (Wildman–Crippen MR) is 239 cm³/mol. The predicted octanol–water partition coefficient (Wildman–Crippen LogP) is 10.2. The highest BCUT2D eigenvalue weighted by atomic mass is 79.9. The molecule has 0 unspecified atom stereocenters. The standard InChI is InChI=1S/C16H20O2S2Si2.C14H20Br2S2Si2.C5H8O3/c1-21(2,3)11-7-9-13(17)14(18)10-8-12(22(4,5)6)20-16(10)15(9)19-11;1-19(2,3)11-7-9(15)13(17-11)14-10(16)8-12(18-14)20(4,5)6;1-3-8-5(7)4(2)6/h7-8H,1-6H3;7-8H,1-6H3;3H2,1-2H3. The van der Waals surface area contributed by atoms with Gasteiger partial charge < -0.3 is 4.74 Å². The molecule has 1 aliphatic rings. The summed E-state index contributed by atoms with van der Waals surface area (Å²) in [5.41, 5.74) is 1.29. The van der Waals surface area contributed by atoms with Crippen LogP contribution in [0.25, 0.3) is 19.5 Å². The molecule has 4 heterocycles. The van der Waals surface area contributed by atoms with Crippen molar-refractivity contribution in [2.75, 3.05) is 6.61 Å². The van der Waals surface area contributed by atoms with Crippen LogP contribution in [0.4, 0.5) is 0 Å². The van der Waals surface area contributed by atoms with Crippen molar-refractivity contribution < 1.29 is 23.9 Å². The molecule has 0 aromatic carbocycles. The quantitative estimate of drug-likeness (QED) is 0.105. The minimum absolute atomic E-state index is 0.262. The average Bonchev–Trinajstić information content (AvgIpc) is 3.75. The maximum absolute atomic E-state index is 12.5. The van der Waals surface area contributed by atoms with Gasteiger partial charge in [0.05, 0.1) is 58.4 Å². The Bertz CT molecular complexity index is 1800. The Morgan fingerprint density at radius 1 is 0.560 bits per heavy atom. The molecular formula is C35H48Br2O5S4Si4. The summed E-state index contributed by atoms with van der Waals surface area (Å²) in [4.78, 5) is 50.0. The van der Waals surface area contributed by atoms with Gasteiger partial charge in [0.2, 0.25) is 17.3 Å². The monoisotopic (exact) mass is 946 g/mol. The van der Waals surface area contributed by atoms with Crippen molar-refractivity contribution in [3.63, 3.8) is 0 Å². The SMILES string of the molecule is CCOC(=O)C(C)=O.C[Si](C)(C)c1cc(Br)c(-c2sc([Si](C)(C)C)cc2Br)s1.C[Si](C)(C)c1cc2c(s1)-c1sc([Si](C)(C)C)cc1C(=O)C2=O. The topological polar surface area (TPSA) is 77.5 Å². The van der Waals surface area contributed by atoms with Crippen molar-refractivity contribution in [2.45, 2.75) is 92.4 Å². The van der Waals surface area contributed by atoms with Crippen LogP contribution in [-0.4, -0.2) is 62.2 Å². The van der Waals surface area contributed by atoms with Crippen LogP contribution in [0.15, 0.2) is 33.2 Å². The molecule has 0 aliphatic heterocycles. The highest BCUT2D eigenvalue weighted by Crippen LogP contribution is 2.42. The molecule has 0 saturated heterocycles. The van der Waals surface area contributed by atoms with E-state index in [0.717, 1.165) is 9.75 Å². The minimum Gasteiger partial charge on any atom is -0.460 e. The van der Waals surface area contributed by atoms with Gasteiger partial charge in [-0.25, -0.2) is 4.79 Å². The lowest BCUT2D eigenvalue weighted by molar-refractivity contribution is -0.152. The number of fused-ring (bicyclic) bond motifs is 3. The summed E-state index contributed by atoms with van der Waals surface area (Å²) in [5.74, 6) is -1.94. The molecule has 5 rings (SSSR count). The maximum Gasteiger partial charge on any atom is 0.374 e. The van der Waals surface area contributed by atoms with E-state index in [1.165, 1.54) is 34.6 Å². The van der Waals surface area contributed by atoms with E-state index < -0.39 is 44.0 Å². The number of thiophene rings is 4. The molecule has 272 valence electrons. The van der Waals surface area contributed by atoms with Crippen LogP contribution in [0.3, 0.4) is 0 Å². The van der Waals surface area contributed by atoms with E-state index in [1.807, 2.05) is 34.8 Å². The summed E-state index contributed by atoms with van der Waals surface area (Å²) in [6.45, 7) is 31.2. The first-order valence-corrected chi connectivity index (χ1v) is 35.2. The normalized spacial score (nSPS) is 13.1. The Kier molecular flexibility index (Phi) is 14.1. The van der Waals surface area contributed by atoms with Crippen molar-refractivity contribution in [1.29, 1.82) is 0 Å². The molecule has 0 fully saturated rings. The Labute approximate surface area is 334 Å². The summed E-state index contributed by atoms with van der Waals surface area (Å²) >= 11 is 14.9. The van der Waals surface area contributed by atoms with Crippen LogP contribution in [0.5, 0.6) is 0 Å². The molecule has 0 amide bonds. The fourth-order valence-electron chi connectivity index (χ4n) is 4.46. The zero-order valence-electron chi connectivity index (χ0n) is 31.4. The molecule has 0 N–H and O–H groups in total. The third kappa shape index (κ3) is 10.4. The highest BCUT2D eigenvalue weighted by molar-refractivity contribution is 9.11. The second kappa shape index (κ2) is 16.2. The Morgan fingerprint density at radius 3 is 1.06 bits per heavy atom. The molecule has 15 heteroatoms. The summed E-state index contributed by atoms with van der Waals surface area (Å²) in [6, 6.07) is 8.66. The number of ether oxygens (including phenoxy) is 1. The molecule has 4 aromatic rings. The number of halogens is 2. The van der Waals surface area contributed by atoms with Crippen LogP contribution in [0, 0.1) is 0 Å². The molecule has 0 saturated carbocycles. The lowest BCUT2D eigenvalue weighted by atomic mass is 9.96. The third-order valence-corrected chi connectivity index (χ3v) is 28.4. The van der Waals surface area contributed by atoms with E-state index in [1.54, 1.807) is 38.6 Å². The molecule has 0 atom stereocenters. The van der Waals surface area contributed by atoms with Gasteiger partial charge >= 0.3 is 5.97 Å². The Morgan fingerprint density at radius 2 is 0.840 bits per heavy atom. The van der Waals surface area contributed by atoms with Crippen molar-refractivity contribution in [1.82, 2.24) is 0 Å². The zero-order chi connectivity index (χ0) is 38.3. The second-order valence-corrected chi connectivity index (χ2v) is 43.7. The van der Waals surface area contributed by atoms with Gasteiger partial charge in [-0.1, -0.05) is 78.6 Å². The van der Waals surface area contributed by atoms with Crippen LogP contribution >= 0.6 is 77.2 Å². The van der Waals surface area contributed by atoms with Gasteiger partial charge in [0, 0.05) is 27.0 Å². The summed E-state index contributed by atoms with van der Waals surface area (Å²) in [5, 5.41) is 0. The summed E-state index contributed by atoms with van der Waals surface area (Å²) in [6.07, 6.45) is 0. The average molecular weight is 949 g/mol. The van der Waals surface area contributed by atoms with Crippen LogP contribution in [0.1, 0.15) is 34.6 Å². The van der Waals surface area contributed by atoms with Crippen LogP contribution in [-0.2, 0) is 14.3 Å². The first-order chi connectivity index (χ1) is 22.7. The number of rotatable bonds is 7. The molecule has 1 aliphatic carbocycles. The largest absolute Gasteiger partial charge is 0.460 e. The fourth-order valence-corrected chi connectivity index (χ4v) is 19.0. The first-order valence-electron chi connectivity index (χ1n) is 16.3. The molecule has 50 heavy (non-hydrogen) atoms. The molecule has 0 bridgehead atoms. The number of hydrogen-bond donors (Lipinski definition) is 0. The number of carbonyl (C=O) groups excluding carboxylic acids is 4. The molecule has 5 nitrogen and oxygen atoms in total. The van der Waals surface area contributed by atoms with Gasteiger partial charge in [-0.3, -0.25) is 14.4 Å². The van der Waals surface area contributed by atoms with E-state index in [9.17, 15) is 19.2 Å². The third-order valence-electron chi connectivity index (χ3n) is 7.47. The van der Waals surface area contributed by atoms with E-state index >= 15 is 0 Å². The number of ketones is 3. The van der Waals surface area contributed by atoms with Crippen LogP contribution < -0.4 is 18.0 Å². The van der Waals surface area contributed by atoms with Crippen molar-refractivity contribution in [3.8, 4) is 19.5 Å². The number of carbonyl (C=O) groups is 4. The summed E-state index contributed by atoms with van der Waals surface area (Å²) in [7, 11) is -5.44. The maximum atomic E-state index is 12.5. The minimum atomic E-state index is -1.48. The van der Waals surface area contributed by atoms with E-state index in [4.69, 9.17) is 0 Å². The van der Waals surface area contributed by atoms with Crippen molar-refractivity contribution >= 4 is 151 Å². The van der Waals surface area contributed by atoms with Gasteiger partial charge in [-0.05, 0) is 81.1 Å². The van der Waals surface area contributed by atoms with E-state index in [0.29, 0.717) is 11.1 Å². The van der Waals surface area contributed by atoms with E-state index in [-0.39, 0.29) is 18.2 Å². The van der Waals surface area contributed by atoms with Crippen LogP contribution in [0.2, 0.25) is 78.6 Å². The smallest absolute Gasteiger partial charge is 0.374 e. The Balaban J connectivity index is 0.000000224. The van der Waals surface area contributed by atoms with Gasteiger partial charge in [0.1, 0.15) is 0 Å². The number of hydrogen-bond acceptors (Lipinski definition) is 9. The highest BCUT2D eigenvalue weighted by Gasteiger charge is 2.37. The molecule has 0 radical (unpaired) electrons. The molecule has 0 spiro atoms. The Hall–Kier alpha value is -0.892. The van der Waals surface area contributed by atoms with Gasteiger partial charge in [-0.2, -0.15) is 0 Å². The van der Waals surface area contributed by atoms with Gasteiger partial charge in [-0.15, -0.1) is 45.3 Å². The lowest BCUT2D eigenvalue weighted by Crippen LogP contribution is -2.35. The molecular weight excluding hydrogens is 901 g/mol. The van der Waals surface area contributed by atoms with Crippen molar-refractivity contribution in [3.05, 3.63) is 44.3 Å². The zero-order valence-corrected chi connectivity index (χ0v) is 41.9. The van der Waals surface area contributed by atoms with Crippen molar-refractivity contribution in [2.24, 2.45) is 0 Å². The molecule has 4 aromatic heterocycles. The first kappa shape index (κ1) is 43.5. The van der Waals surface area contributed by atoms with E-state index in [2.05, 4.69) is 127 Å². The second-order valence-electron chi connectivity index (χ2n) is 16.2. The lowest BCUT2D eigenvalue weighted by Gasteiger charge is -2.12.